The van der Waals surface area contributed by atoms with E-state index in [0.717, 1.165) is 0 Å². The number of hydrogen-bond acceptors (Lipinski definition) is 8. The summed E-state index contributed by atoms with van der Waals surface area (Å²) in [5.41, 5.74) is 0.207. The van der Waals surface area contributed by atoms with Gasteiger partial charge in [-0.15, -0.1) is 0 Å². The number of fused-ring (bicyclic) bond motifs is 1. The molecule has 5 N–H and O–H groups in total. The van der Waals surface area contributed by atoms with Gasteiger partial charge in [0, 0.05) is 13.0 Å². The molecule has 0 radical (unpaired) electrons. The number of carbonyl (C=O) groups is 1. The number of rotatable bonds is 5. The van der Waals surface area contributed by atoms with E-state index in [2.05, 4.69) is 20.3 Å². The Hall–Kier alpha value is -2.34. The number of hydrogen-bond donors (Lipinski definition) is 5. The highest BCUT2D eigenvalue weighted by molar-refractivity contribution is 5.76. The third kappa shape index (κ3) is 3.54. The number of aliphatic hydroxyl groups is 3. The van der Waals surface area contributed by atoms with Gasteiger partial charge in [-0.1, -0.05) is 0 Å². The van der Waals surface area contributed by atoms with Crippen LogP contribution in [0.15, 0.2) is 17.4 Å². The molecule has 1 aliphatic heterocycles. The Bertz CT molecular complexity index is 804. The molecule has 1 fully saturated rings. The fraction of sp³-hybridized carbons (Fsp3) is 0.571. The van der Waals surface area contributed by atoms with Crippen LogP contribution < -0.4 is 10.9 Å². The van der Waals surface area contributed by atoms with Gasteiger partial charge < -0.3 is 34.9 Å². The summed E-state index contributed by atoms with van der Waals surface area (Å²) in [5, 5.41) is 31.4. The summed E-state index contributed by atoms with van der Waals surface area (Å²) in [7, 11) is 0. The summed E-state index contributed by atoms with van der Waals surface area (Å²) in [6, 6.07) is -0.772. The molecule has 2 aromatic rings. The second-order valence-electron chi connectivity index (χ2n) is 5.80. The first-order valence-corrected chi connectivity index (χ1v) is 7.77. The molecule has 2 aromatic heterocycles. The summed E-state index contributed by atoms with van der Waals surface area (Å²) in [6.45, 7) is -0.191. The molecule has 3 rings (SSSR count). The standard InChI is InChI=1S/C14H19N5O6/c20-3-8-12(23)11(22)7(4-25-8)18-9(21)1-2-19-6-17-10-13(19)15-5-16-14(10)24/h5-8,11-12,20,22-23H,1-4H2,(H,18,21)(H,15,16,24)/t7-,8-,11-,12-/m1/s1. The number of ether oxygens (including phenoxy) is 1. The number of aromatic nitrogens is 4. The van der Waals surface area contributed by atoms with Crippen LogP contribution >= 0.6 is 0 Å². The maximum absolute atomic E-state index is 12.1. The molecule has 3 heterocycles. The van der Waals surface area contributed by atoms with E-state index in [0.29, 0.717) is 5.65 Å². The number of nitrogens with one attached hydrogen (secondary N) is 2. The highest BCUT2D eigenvalue weighted by atomic mass is 16.5. The summed E-state index contributed by atoms with van der Waals surface area (Å²) in [5.74, 6) is -0.367. The number of amides is 1. The van der Waals surface area contributed by atoms with Crippen molar-refractivity contribution in [3.8, 4) is 0 Å². The van der Waals surface area contributed by atoms with E-state index in [1.165, 1.54) is 12.7 Å². The molecule has 1 aliphatic rings. The molecule has 11 nitrogen and oxygen atoms in total. The molecule has 4 atom stereocenters. The van der Waals surface area contributed by atoms with Crippen molar-refractivity contribution in [1.82, 2.24) is 24.8 Å². The van der Waals surface area contributed by atoms with Crippen LogP contribution in [-0.4, -0.2) is 78.3 Å². The third-order valence-corrected chi connectivity index (χ3v) is 4.15. The molecule has 1 amide bonds. The van der Waals surface area contributed by atoms with Gasteiger partial charge in [-0.25, -0.2) is 9.97 Å². The monoisotopic (exact) mass is 353 g/mol. The van der Waals surface area contributed by atoms with Crippen LogP contribution in [0.4, 0.5) is 0 Å². The predicted octanol–water partition coefficient (Wildman–Crippen LogP) is -2.89. The van der Waals surface area contributed by atoms with E-state index in [4.69, 9.17) is 9.84 Å². The third-order valence-electron chi connectivity index (χ3n) is 4.15. The van der Waals surface area contributed by atoms with Crippen molar-refractivity contribution in [2.24, 2.45) is 0 Å². The minimum absolute atomic E-state index is 0.0138. The van der Waals surface area contributed by atoms with Gasteiger partial charge in [0.15, 0.2) is 11.2 Å². The van der Waals surface area contributed by atoms with Crippen LogP contribution in [0.25, 0.3) is 11.2 Å². The molecular formula is C14H19N5O6. The zero-order valence-corrected chi connectivity index (χ0v) is 13.2. The molecule has 0 unspecified atom stereocenters. The lowest BCUT2D eigenvalue weighted by molar-refractivity contribution is -0.164. The number of carbonyl (C=O) groups excluding carboxylic acids is 1. The Balaban J connectivity index is 1.58. The summed E-state index contributed by atoms with van der Waals surface area (Å²) >= 11 is 0. The molecule has 0 saturated carbocycles. The van der Waals surface area contributed by atoms with Gasteiger partial charge in [0.2, 0.25) is 5.91 Å². The van der Waals surface area contributed by atoms with E-state index in [1.807, 2.05) is 0 Å². The van der Waals surface area contributed by atoms with Crippen molar-refractivity contribution in [2.75, 3.05) is 13.2 Å². The SMILES string of the molecule is O=C(CCn1cnc2c(=O)[nH]cnc21)N[C@@H]1CO[C@H](CO)[C@@H](O)[C@@H]1O. The Morgan fingerprint density at radius 3 is 2.96 bits per heavy atom. The normalized spacial score (nSPS) is 26.7. The highest BCUT2D eigenvalue weighted by Crippen LogP contribution is 2.15. The van der Waals surface area contributed by atoms with Gasteiger partial charge in [0.05, 0.1) is 31.9 Å². The van der Waals surface area contributed by atoms with Gasteiger partial charge in [-0.3, -0.25) is 9.59 Å². The Morgan fingerprint density at radius 1 is 1.40 bits per heavy atom. The average molecular weight is 353 g/mol. The predicted molar refractivity (Wildman–Crippen MR) is 83.5 cm³/mol. The van der Waals surface area contributed by atoms with Gasteiger partial charge in [-0.2, -0.15) is 0 Å². The number of imidazole rings is 1. The minimum Gasteiger partial charge on any atom is -0.394 e. The van der Waals surface area contributed by atoms with Crippen molar-refractivity contribution in [3.05, 3.63) is 23.0 Å². The smallest absolute Gasteiger partial charge is 0.278 e. The van der Waals surface area contributed by atoms with Crippen molar-refractivity contribution < 1.29 is 24.9 Å². The largest absolute Gasteiger partial charge is 0.394 e. The quantitative estimate of drug-likeness (QED) is 0.382. The molecule has 1 saturated heterocycles. The van der Waals surface area contributed by atoms with E-state index in [-0.39, 0.29) is 36.6 Å². The first-order chi connectivity index (χ1) is 12.0. The average Bonchev–Trinajstić information content (AvgIpc) is 3.02. The number of aromatic amines is 1. The molecule has 0 aliphatic carbocycles. The van der Waals surface area contributed by atoms with Crippen molar-refractivity contribution in [2.45, 2.75) is 37.3 Å². The maximum atomic E-state index is 12.1. The second-order valence-corrected chi connectivity index (χ2v) is 5.80. The van der Waals surface area contributed by atoms with Crippen molar-refractivity contribution >= 4 is 17.1 Å². The van der Waals surface area contributed by atoms with E-state index in [9.17, 15) is 19.8 Å². The molecule has 11 heteroatoms. The van der Waals surface area contributed by atoms with Crippen LogP contribution in [0.3, 0.4) is 0 Å². The number of H-pyrrole nitrogens is 1. The molecule has 0 bridgehead atoms. The molecule has 0 spiro atoms. The van der Waals surface area contributed by atoms with Gasteiger partial charge in [-0.05, 0) is 0 Å². The zero-order chi connectivity index (χ0) is 18.0. The number of aliphatic hydroxyl groups excluding tert-OH is 3. The lowest BCUT2D eigenvalue weighted by Crippen LogP contribution is -2.60. The van der Waals surface area contributed by atoms with Crippen LogP contribution in [0.2, 0.25) is 0 Å². The summed E-state index contributed by atoms with van der Waals surface area (Å²) in [6.07, 6.45) is -0.638. The van der Waals surface area contributed by atoms with Gasteiger partial charge in [0.1, 0.15) is 18.3 Å². The fourth-order valence-electron chi connectivity index (χ4n) is 2.73. The number of nitrogens with zero attached hydrogens (tertiary/aromatic N) is 3. The van der Waals surface area contributed by atoms with Gasteiger partial charge in [0.25, 0.3) is 5.56 Å². The second kappa shape index (κ2) is 7.27. The Labute approximate surface area is 141 Å². The van der Waals surface area contributed by atoms with Crippen LogP contribution in [0, 0.1) is 0 Å². The fourth-order valence-corrected chi connectivity index (χ4v) is 2.73. The highest BCUT2D eigenvalue weighted by Gasteiger charge is 2.38. The Kier molecular flexibility index (Phi) is 5.08. The van der Waals surface area contributed by atoms with Crippen LogP contribution in [0.1, 0.15) is 6.42 Å². The van der Waals surface area contributed by atoms with Crippen molar-refractivity contribution in [1.29, 1.82) is 0 Å². The molecular weight excluding hydrogens is 334 g/mol. The Morgan fingerprint density at radius 2 is 2.20 bits per heavy atom. The van der Waals surface area contributed by atoms with E-state index in [1.54, 1.807) is 4.57 Å². The topological polar surface area (TPSA) is 163 Å². The lowest BCUT2D eigenvalue weighted by Gasteiger charge is -2.37. The van der Waals surface area contributed by atoms with Gasteiger partial charge >= 0.3 is 0 Å². The lowest BCUT2D eigenvalue weighted by atomic mass is 9.98. The maximum Gasteiger partial charge on any atom is 0.278 e. The number of aryl methyl sites for hydroxylation is 1. The zero-order valence-electron chi connectivity index (χ0n) is 13.2. The molecule has 25 heavy (non-hydrogen) atoms. The minimum atomic E-state index is -1.28. The first-order valence-electron chi connectivity index (χ1n) is 7.77. The first kappa shape index (κ1) is 17.5. The molecule has 0 aromatic carbocycles. The van der Waals surface area contributed by atoms with E-state index >= 15 is 0 Å². The molecule has 136 valence electrons. The van der Waals surface area contributed by atoms with Crippen LogP contribution in [-0.2, 0) is 16.1 Å². The van der Waals surface area contributed by atoms with Crippen LogP contribution in [0.5, 0.6) is 0 Å². The summed E-state index contributed by atoms with van der Waals surface area (Å²) in [4.78, 5) is 34.1. The van der Waals surface area contributed by atoms with E-state index < -0.39 is 31.0 Å². The summed E-state index contributed by atoms with van der Waals surface area (Å²) < 4.78 is 6.78. The van der Waals surface area contributed by atoms with Crippen molar-refractivity contribution in [3.63, 3.8) is 0 Å².